The Hall–Kier alpha value is -4.02. The molecule has 3 aromatic rings. The van der Waals surface area contributed by atoms with Gasteiger partial charge in [0.2, 0.25) is 0 Å². The molecule has 3 heterocycles. The first-order chi connectivity index (χ1) is 19.0. The number of hydrogen-bond acceptors (Lipinski definition) is 6. The number of urea groups is 1. The molecule has 0 spiro atoms. The molecule has 2 aromatic carbocycles. The first-order valence-corrected chi connectivity index (χ1v) is 13.1. The fourth-order valence-electron chi connectivity index (χ4n) is 5.10. The van der Waals surface area contributed by atoms with Crippen LogP contribution in [0, 0.1) is 5.82 Å². The molecule has 0 saturated carbocycles. The molecule has 3 amide bonds. The molecule has 0 atom stereocenters. The summed E-state index contributed by atoms with van der Waals surface area (Å²) in [4.78, 5) is 34.4. The van der Waals surface area contributed by atoms with Crippen molar-refractivity contribution in [2.45, 2.75) is 18.9 Å². The number of methoxy groups -OCH3 is 1. The molecule has 2 N–H and O–H groups in total. The number of anilines is 2. The molecule has 10 heteroatoms. The second kappa shape index (κ2) is 12.2. The zero-order valence-corrected chi connectivity index (χ0v) is 21.9. The summed E-state index contributed by atoms with van der Waals surface area (Å²) in [5.41, 5.74) is 2.40. The molecule has 204 valence electrons. The number of nitrogens with one attached hydrogen (secondary N) is 2. The van der Waals surface area contributed by atoms with Gasteiger partial charge in [-0.05, 0) is 60.9 Å². The summed E-state index contributed by atoms with van der Waals surface area (Å²) < 4.78 is 24.4. The maximum absolute atomic E-state index is 13.6. The van der Waals surface area contributed by atoms with E-state index in [0.29, 0.717) is 53.1 Å². The normalized spacial score (nSPS) is 16.5. The number of rotatable bonds is 6. The first kappa shape index (κ1) is 26.6. The lowest BCUT2D eigenvalue weighted by Crippen LogP contribution is -2.53. The van der Waals surface area contributed by atoms with Crippen molar-refractivity contribution in [2.75, 3.05) is 57.1 Å². The van der Waals surface area contributed by atoms with Crippen LogP contribution < -0.4 is 15.4 Å². The number of ether oxygens (including phenoxy) is 2. The van der Waals surface area contributed by atoms with E-state index in [4.69, 9.17) is 9.47 Å². The van der Waals surface area contributed by atoms with Gasteiger partial charge in [-0.15, -0.1) is 0 Å². The number of carbonyl (C=O) groups excluding carboxylic acids is 2. The highest BCUT2D eigenvalue weighted by Crippen LogP contribution is 2.31. The van der Waals surface area contributed by atoms with Crippen molar-refractivity contribution in [3.8, 4) is 16.9 Å². The fraction of sp³-hybridized carbons (Fsp3) is 0.345. The number of aromatic nitrogens is 1. The molecule has 0 radical (unpaired) electrons. The number of pyridine rings is 1. The first-order valence-electron chi connectivity index (χ1n) is 13.1. The molecule has 1 aromatic heterocycles. The summed E-state index contributed by atoms with van der Waals surface area (Å²) >= 11 is 0. The van der Waals surface area contributed by atoms with Crippen LogP contribution in [0.3, 0.4) is 0 Å². The van der Waals surface area contributed by atoms with Crippen molar-refractivity contribution in [3.05, 3.63) is 72.2 Å². The maximum atomic E-state index is 13.6. The Bertz CT molecular complexity index is 1320. The molecular formula is C29H32FN5O4. The second-order valence-electron chi connectivity index (χ2n) is 9.61. The zero-order valence-electron chi connectivity index (χ0n) is 21.9. The predicted octanol–water partition coefficient (Wildman–Crippen LogP) is 4.48. The number of piperazine rings is 1. The Labute approximate surface area is 226 Å². The van der Waals surface area contributed by atoms with E-state index in [1.54, 1.807) is 48.7 Å². The number of amides is 3. The molecular weight excluding hydrogens is 501 g/mol. The van der Waals surface area contributed by atoms with Gasteiger partial charge in [0.1, 0.15) is 17.4 Å². The number of nitrogens with zero attached hydrogens (tertiary/aromatic N) is 3. The SMILES string of the molecule is COc1cc(F)ccc1-c1ccnc(NC(=O)Nc2cccc(C(=O)N3CCN(C4CCOCC4)CC3)c2)c1. The number of hydrogen-bond donors (Lipinski definition) is 2. The Balaban J connectivity index is 1.19. The van der Waals surface area contributed by atoms with E-state index in [9.17, 15) is 14.0 Å². The van der Waals surface area contributed by atoms with Gasteiger partial charge in [-0.1, -0.05) is 6.07 Å². The Kier molecular flexibility index (Phi) is 8.33. The average molecular weight is 534 g/mol. The fourth-order valence-corrected chi connectivity index (χ4v) is 5.10. The van der Waals surface area contributed by atoms with Crippen LogP contribution in [0.25, 0.3) is 11.1 Å². The Morgan fingerprint density at radius 2 is 1.79 bits per heavy atom. The molecule has 2 aliphatic heterocycles. The predicted molar refractivity (Wildman–Crippen MR) is 147 cm³/mol. The highest BCUT2D eigenvalue weighted by molar-refractivity contribution is 6.01. The molecule has 2 saturated heterocycles. The van der Waals surface area contributed by atoms with Gasteiger partial charge < -0.3 is 19.7 Å². The molecule has 0 bridgehead atoms. The van der Waals surface area contributed by atoms with Crippen LogP contribution in [0.1, 0.15) is 23.2 Å². The van der Waals surface area contributed by atoms with Gasteiger partial charge in [0.05, 0.1) is 7.11 Å². The summed E-state index contributed by atoms with van der Waals surface area (Å²) in [5.74, 6) is 0.239. The third kappa shape index (κ3) is 6.52. The Morgan fingerprint density at radius 1 is 1.00 bits per heavy atom. The van der Waals surface area contributed by atoms with Crippen LogP contribution in [-0.4, -0.2) is 79.3 Å². The van der Waals surface area contributed by atoms with Gasteiger partial charge in [-0.2, -0.15) is 0 Å². The minimum Gasteiger partial charge on any atom is -0.496 e. The lowest BCUT2D eigenvalue weighted by molar-refractivity contribution is 0.0137. The van der Waals surface area contributed by atoms with Crippen LogP contribution >= 0.6 is 0 Å². The zero-order chi connectivity index (χ0) is 27.2. The van der Waals surface area contributed by atoms with Crippen LogP contribution in [0.4, 0.5) is 20.7 Å². The van der Waals surface area contributed by atoms with E-state index in [0.717, 1.165) is 39.1 Å². The van der Waals surface area contributed by atoms with Crippen LogP contribution in [0.15, 0.2) is 60.8 Å². The van der Waals surface area contributed by atoms with Crippen molar-refractivity contribution in [3.63, 3.8) is 0 Å². The maximum Gasteiger partial charge on any atom is 0.324 e. The largest absolute Gasteiger partial charge is 0.496 e. The van der Waals surface area contributed by atoms with Gasteiger partial charge >= 0.3 is 6.03 Å². The molecule has 0 unspecified atom stereocenters. The molecule has 0 aliphatic carbocycles. The quantitative estimate of drug-likeness (QED) is 0.485. The minimum absolute atomic E-state index is 0.0479. The third-order valence-electron chi connectivity index (χ3n) is 7.15. The summed E-state index contributed by atoms with van der Waals surface area (Å²) in [5, 5.41) is 5.48. The van der Waals surface area contributed by atoms with Gasteiger partial charge in [-0.25, -0.2) is 14.2 Å². The minimum atomic E-state index is -0.500. The number of halogens is 1. The molecule has 2 aliphatic rings. The average Bonchev–Trinajstić information content (AvgIpc) is 2.97. The lowest BCUT2D eigenvalue weighted by atomic mass is 10.1. The summed E-state index contributed by atoms with van der Waals surface area (Å²) in [6, 6.07) is 14.6. The van der Waals surface area contributed by atoms with E-state index in [2.05, 4.69) is 20.5 Å². The second-order valence-corrected chi connectivity index (χ2v) is 9.61. The van der Waals surface area contributed by atoms with Gasteiger partial charge in [-0.3, -0.25) is 15.0 Å². The highest BCUT2D eigenvalue weighted by Gasteiger charge is 2.27. The standard InChI is InChI=1S/C29H32FN5O4/c1-38-26-19-22(30)5-6-25(26)20-7-10-31-27(18-20)33-29(37)32-23-4-2-3-21(17-23)28(36)35-13-11-34(12-14-35)24-8-15-39-16-9-24/h2-7,10,17-19,24H,8-9,11-16H2,1H3,(H2,31,32,33,37). The van der Waals surface area contributed by atoms with Crippen LogP contribution in [-0.2, 0) is 4.74 Å². The van der Waals surface area contributed by atoms with Crippen molar-refractivity contribution < 1.29 is 23.5 Å². The topological polar surface area (TPSA) is 96.0 Å². The van der Waals surface area contributed by atoms with Crippen molar-refractivity contribution in [2.24, 2.45) is 0 Å². The van der Waals surface area contributed by atoms with E-state index in [-0.39, 0.29) is 5.91 Å². The van der Waals surface area contributed by atoms with E-state index < -0.39 is 11.8 Å². The van der Waals surface area contributed by atoms with Gasteiger partial charge in [0.25, 0.3) is 5.91 Å². The van der Waals surface area contributed by atoms with Gasteiger partial charge in [0, 0.05) is 74.5 Å². The number of carbonyl (C=O) groups is 2. The van der Waals surface area contributed by atoms with E-state index in [1.165, 1.54) is 19.2 Å². The van der Waals surface area contributed by atoms with Gasteiger partial charge in [0.15, 0.2) is 0 Å². The molecule has 9 nitrogen and oxygen atoms in total. The van der Waals surface area contributed by atoms with Crippen LogP contribution in [0.5, 0.6) is 5.75 Å². The summed E-state index contributed by atoms with van der Waals surface area (Å²) in [7, 11) is 1.47. The number of benzene rings is 2. The summed E-state index contributed by atoms with van der Waals surface area (Å²) in [6.45, 7) is 4.67. The molecule has 39 heavy (non-hydrogen) atoms. The monoisotopic (exact) mass is 533 g/mol. The third-order valence-corrected chi connectivity index (χ3v) is 7.15. The lowest BCUT2D eigenvalue weighted by Gasteiger charge is -2.40. The van der Waals surface area contributed by atoms with Crippen molar-refractivity contribution in [1.82, 2.24) is 14.8 Å². The molecule has 5 rings (SSSR count). The van der Waals surface area contributed by atoms with Crippen molar-refractivity contribution in [1.29, 1.82) is 0 Å². The van der Waals surface area contributed by atoms with E-state index >= 15 is 0 Å². The highest BCUT2D eigenvalue weighted by atomic mass is 19.1. The smallest absolute Gasteiger partial charge is 0.324 e. The summed E-state index contributed by atoms with van der Waals surface area (Å²) in [6.07, 6.45) is 3.64. The van der Waals surface area contributed by atoms with Crippen LogP contribution in [0.2, 0.25) is 0 Å². The van der Waals surface area contributed by atoms with Crippen molar-refractivity contribution >= 4 is 23.4 Å². The Morgan fingerprint density at radius 3 is 2.56 bits per heavy atom. The molecule has 2 fully saturated rings. The van der Waals surface area contributed by atoms with E-state index in [1.807, 2.05) is 4.90 Å².